The molecule has 0 amide bonds. The molecule has 0 fully saturated rings. The molecule has 0 radical (unpaired) electrons. The minimum atomic E-state index is 0.721. The Morgan fingerprint density at radius 1 is 0.909 bits per heavy atom. The SMILES string of the molecule is CN(C)c1ncc2cc(-c3ccc4nc[nH]c4c3)ccc2n1. The fourth-order valence-electron chi connectivity index (χ4n) is 2.53. The number of hydrogen-bond acceptors (Lipinski definition) is 4. The summed E-state index contributed by atoms with van der Waals surface area (Å²) in [5.74, 6) is 0.721. The number of imidazole rings is 1. The molecule has 4 rings (SSSR count). The van der Waals surface area contributed by atoms with E-state index in [0.717, 1.165) is 39.0 Å². The van der Waals surface area contributed by atoms with Gasteiger partial charge in [-0.15, -0.1) is 0 Å². The summed E-state index contributed by atoms with van der Waals surface area (Å²) in [6, 6.07) is 12.5. The van der Waals surface area contributed by atoms with E-state index in [9.17, 15) is 0 Å². The van der Waals surface area contributed by atoms with E-state index in [2.05, 4.69) is 44.2 Å². The van der Waals surface area contributed by atoms with Crippen molar-refractivity contribution in [1.82, 2.24) is 19.9 Å². The molecule has 0 bridgehead atoms. The van der Waals surface area contributed by atoms with Gasteiger partial charge >= 0.3 is 0 Å². The summed E-state index contributed by atoms with van der Waals surface area (Å²) < 4.78 is 0. The highest BCUT2D eigenvalue weighted by atomic mass is 15.2. The number of fused-ring (bicyclic) bond motifs is 2. The lowest BCUT2D eigenvalue weighted by Gasteiger charge is -2.10. The molecule has 0 aliphatic heterocycles. The monoisotopic (exact) mass is 289 g/mol. The van der Waals surface area contributed by atoms with Gasteiger partial charge < -0.3 is 9.88 Å². The van der Waals surface area contributed by atoms with Gasteiger partial charge in [-0.05, 0) is 35.4 Å². The van der Waals surface area contributed by atoms with Gasteiger partial charge in [0.05, 0.1) is 22.9 Å². The van der Waals surface area contributed by atoms with Crippen LogP contribution in [0.3, 0.4) is 0 Å². The molecule has 2 heterocycles. The second kappa shape index (κ2) is 4.80. The van der Waals surface area contributed by atoms with Crippen molar-refractivity contribution in [1.29, 1.82) is 0 Å². The maximum atomic E-state index is 4.55. The van der Waals surface area contributed by atoms with Crippen molar-refractivity contribution in [2.24, 2.45) is 0 Å². The summed E-state index contributed by atoms with van der Waals surface area (Å²) in [4.78, 5) is 18.2. The largest absolute Gasteiger partial charge is 0.347 e. The van der Waals surface area contributed by atoms with Crippen molar-refractivity contribution in [2.75, 3.05) is 19.0 Å². The summed E-state index contributed by atoms with van der Waals surface area (Å²) in [5, 5.41) is 1.04. The number of hydrogen-bond donors (Lipinski definition) is 1. The molecule has 0 aliphatic rings. The van der Waals surface area contributed by atoms with Gasteiger partial charge in [0.15, 0.2) is 0 Å². The molecule has 1 N–H and O–H groups in total. The molecule has 2 aromatic carbocycles. The van der Waals surface area contributed by atoms with Gasteiger partial charge in [-0.3, -0.25) is 0 Å². The highest BCUT2D eigenvalue weighted by molar-refractivity contribution is 5.87. The molecular formula is C17H15N5. The summed E-state index contributed by atoms with van der Waals surface area (Å²) in [5.41, 5.74) is 5.26. The average Bonchev–Trinajstić information content (AvgIpc) is 3.01. The molecule has 2 aromatic heterocycles. The molecule has 0 spiro atoms. The Morgan fingerprint density at radius 3 is 2.50 bits per heavy atom. The maximum absolute atomic E-state index is 4.55. The molecule has 5 nitrogen and oxygen atoms in total. The molecule has 0 saturated heterocycles. The van der Waals surface area contributed by atoms with Gasteiger partial charge in [0, 0.05) is 25.7 Å². The van der Waals surface area contributed by atoms with Gasteiger partial charge in [-0.2, -0.15) is 0 Å². The Morgan fingerprint density at radius 2 is 1.68 bits per heavy atom. The lowest BCUT2D eigenvalue weighted by atomic mass is 10.0. The van der Waals surface area contributed by atoms with Crippen molar-refractivity contribution >= 4 is 27.9 Å². The molecule has 0 aliphatic carbocycles. The van der Waals surface area contributed by atoms with Gasteiger partial charge in [-0.25, -0.2) is 15.0 Å². The first kappa shape index (κ1) is 12.8. The quantitative estimate of drug-likeness (QED) is 0.615. The molecule has 4 aromatic rings. The highest BCUT2D eigenvalue weighted by Gasteiger charge is 2.05. The van der Waals surface area contributed by atoms with Crippen LogP contribution in [-0.2, 0) is 0 Å². The van der Waals surface area contributed by atoms with Crippen molar-refractivity contribution in [3.8, 4) is 11.1 Å². The summed E-state index contributed by atoms with van der Waals surface area (Å²) >= 11 is 0. The van der Waals surface area contributed by atoms with Crippen molar-refractivity contribution in [2.45, 2.75) is 0 Å². The van der Waals surface area contributed by atoms with Crippen LogP contribution in [0.2, 0.25) is 0 Å². The minimum absolute atomic E-state index is 0.721. The van der Waals surface area contributed by atoms with E-state index in [0.29, 0.717) is 0 Å². The molecule has 0 atom stereocenters. The highest BCUT2D eigenvalue weighted by Crippen LogP contribution is 2.26. The average molecular weight is 289 g/mol. The first-order valence-electron chi connectivity index (χ1n) is 7.08. The molecule has 22 heavy (non-hydrogen) atoms. The lowest BCUT2D eigenvalue weighted by Crippen LogP contribution is -2.12. The Labute approximate surface area is 127 Å². The van der Waals surface area contributed by atoms with E-state index in [1.807, 2.05) is 37.3 Å². The first-order valence-corrected chi connectivity index (χ1v) is 7.08. The van der Waals surface area contributed by atoms with Crippen molar-refractivity contribution in [3.05, 3.63) is 48.9 Å². The third-order valence-corrected chi connectivity index (χ3v) is 3.72. The standard InChI is InChI=1S/C17H15N5/c1-22(2)17-18-9-13-7-11(3-5-14(13)21-17)12-4-6-15-16(8-12)20-10-19-15/h3-10H,1-2H3,(H,19,20). The normalized spacial score (nSPS) is 11.2. The Bertz CT molecular complexity index is 971. The zero-order chi connectivity index (χ0) is 15.1. The first-order chi connectivity index (χ1) is 10.7. The maximum Gasteiger partial charge on any atom is 0.225 e. The Kier molecular flexibility index (Phi) is 2.79. The summed E-state index contributed by atoms with van der Waals surface area (Å²) in [6.45, 7) is 0. The van der Waals surface area contributed by atoms with Crippen molar-refractivity contribution in [3.63, 3.8) is 0 Å². The second-order valence-corrected chi connectivity index (χ2v) is 5.47. The number of nitrogens with zero attached hydrogens (tertiary/aromatic N) is 4. The van der Waals surface area contributed by atoms with E-state index < -0.39 is 0 Å². The van der Waals surface area contributed by atoms with E-state index >= 15 is 0 Å². The third kappa shape index (κ3) is 2.07. The lowest BCUT2D eigenvalue weighted by molar-refractivity contribution is 1.02. The van der Waals surface area contributed by atoms with Crippen LogP contribution < -0.4 is 4.90 Å². The zero-order valence-corrected chi connectivity index (χ0v) is 12.4. The predicted octanol–water partition coefficient (Wildman–Crippen LogP) is 3.24. The van der Waals surface area contributed by atoms with Crippen LogP contribution in [0.4, 0.5) is 5.95 Å². The van der Waals surface area contributed by atoms with Crippen LogP contribution in [0.1, 0.15) is 0 Å². The van der Waals surface area contributed by atoms with Crippen molar-refractivity contribution < 1.29 is 0 Å². The zero-order valence-electron chi connectivity index (χ0n) is 12.4. The molecule has 0 saturated carbocycles. The Hall–Kier alpha value is -2.95. The van der Waals surface area contributed by atoms with Crippen LogP contribution in [0.5, 0.6) is 0 Å². The van der Waals surface area contributed by atoms with Gasteiger partial charge in [0.1, 0.15) is 0 Å². The number of nitrogens with one attached hydrogen (secondary N) is 1. The number of H-pyrrole nitrogens is 1. The molecule has 5 heteroatoms. The fraction of sp³-hybridized carbons (Fsp3) is 0.118. The summed E-state index contributed by atoms with van der Waals surface area (Å²) in [7, 11) is 3.88. The molecular weight excluding hydrogens is 274 g/mol. The number of aromatic nitrogens is 4. The Balaban J connectivity index is 1.83. The van der Waals surface area contributed by atoms with Crippen LogP contribution >= 0.6 is 0 Å². The smallest absolute Gasteiger partial charge is 0.225 e. The number of rotatable bonds is 2. The van der Waals surface area contributed by atoms with E-state index in [-0.39, 0.29) is 0 Å². The van der Waals surface area contributed by atoms with Gasteiger partial charge in [0.25, 0.3) is 0 Å². The van der Waals surface area contributed by atoms with Gasteiger partial charge in [0.2, 0.25) is 5.95 Å². The second-order valence-electron chi connectivity index (χ2n) is 5.47. The van der Waals surface area contributed by atoms with E-state index in [1.165, 1.54) is 0 Å². The van der Waals surface area contributed by atoms with E-state index in [1.54, 1.807) is 6.33 Å². The fourth-order valence-corrected chi connectivity index (χ4v) is 2.53. The molecule has 0 unspecified atom stereocenters. The van der Waals surface area contributed by atoms with Gasteiger partial charge in [-0.1, -0.05) is 12.1 Å². The molecule has 108 valence electrons. The predicted molar refractivity (Wildman–Crippen MR) is 89.0 cm³/mol. The van der Waals surface area contributed by atoms with Crippen LogP contribution in [0, 0.1) is 0 Å². The van der Waals surface area contributed by atoms with Crippen LogP contribution in [0.15, 0.2) is 48.9 Å². The third-order valence-electron chi connectivity index (χ3n) is 3.72. The number of benzene rings is 2. The van der Waals surface area contributed by atoms with Crippen LogP contribution in [0.25, 0.3) is 33.1 Å². The number of aromatic amines is 1. The van der Waals surface area contributed by atoms with E-state index in [4.69, 9.17) is 0 Å². The number of anilines is 1. The topological polar surface area (TPSA) is 57.7 Å². The minimum Gasteiger partial charge on any atom is -0.347 e. The van der Waals surface area contributed by atoms with Crippen LogP contribution in [-0.4, -0.2) is 34.0 Å². The summed E-state index contributed by atoms with van der Waals surface area (Å²) in [6.07, 6.45) is 3.58.